The van der Waals surface area contributed by atoms with Gasteiger partial charge in [-0.05, 0) is 40.9 Å². The van der Waals surface area contributed by atoms with E-state index in [4.69, 9.17) is 0 Å². The molecule has 0 unspecified atom stereocenters. The van der Waals surface area contributed by atoms with Gasteiger partial charge in [0, 0.05) is 6.04 Å². The summed E-state index contributed by atoms with van der Waals surface area (Å²) in [5.74, 6) is -0.552. The van der Waals surface area contributed by atoms with E-state index in [1.165, 1.54) is 18.5 Å². The van der Waals surface area contributed by atoms with Gasteiger partial charge in [-0.2, -0.15) is 8.42 Å². The van der Waals surface area contributed by atoms with Crippen molar-refractivity contribution in [3.8, 4) is 0 Å². The van der Waals surface area contributed by atoms with E-state index in [0.717, 1.165) is 12.8 Å². The third-order valence-electron chi connectivity index (χ3n) is 2.82. The van der Waals surface area contributed by atoms with Crippen molar-refractivity contribution in [3.05, 3.63) is 22.4 Å². The number of halogens is 2. The fourth-order valence-electron chi connectivity index (χ4n) is 1.83. The van der Waals surface area contributed by atoms with Gasteiger partial charge in [0.2, 0.25) is 0 Å². The molecule has 1 aliphatic carbocycles. The number of benzene rings is 1. The molecule has 0 aromatic heterocycles. The highest BCUT2D eigenvalue weighted by atomic mass is 79.9. The third-order valence-corrected chi connectivity index (χ3v) is 4.69. The van der Waals surface area contributed by atoms with Crippen molar-refractivity contribution < 1.29 is 12.8 Å². The van der Waals surface area contributed by atoms with Crippen LogP contribution in [0.4, 0.5) is 10.1 Å². The first kappa shape index (κ1) is 11.2. The largest absolute Gasteiger partial charge is 0.325 e. The summed E-state index contributed by atoms with van der Waals surface area (Å²) in [7, 11) is -3.75. The first-order valence-electron chi connectivity index (χ1n) is 5.07. The number of rotatable bonds is 1. The van der Waals surface area contributed by atoms with Gasteiger partial charge in [-0.1, -0.05) is 0 Å². The maximum atomic E-state index is 14.1. The Morgan fingerprint density at radius 3 is 2.76 bits per heavy atom. The third kappa shape index (κ3) is 1.68. The van der Waals surface area contributed by atoms with Crippen LogP contribution in [0.2, 0.25) is 0 Å². The maximum Gasteiger partial charge on any atom is 0.285 e. The van der Waals surface area contributed by atoms with Crippen molar-refractivity contribution in [2.24, 2.45) is 4.40 Å². The first-order valence-corrected chi connectivity index (χ1v) is 7.31. The molecule has 3 rings (SSSR count). The lowest BCUT2D eigenvalue weighted by Gasteiger charge is -2.25. The quantitative estimate of drug-likeness (QED) is 0.798. The summed E-state index contributed by atoms with van der Waals surface area (Å²) in [6.45, 7) is 0. The standard InChI is InChI=1S/C10H8BrFN2O2S/c11-7-3-4-8-10(9(7)12)14(6-1-2-6)5-13-17(8,15)16/h3-6H,1-2H2. The number of sulfonamides is 1. The van der Waals surface area contributed by atoms with Crippen LogP contribution in [0, 0.1) is 5.82 Å². The van der Waals surface area contributed by atoms with Crippen LogP contribution in [0.1, 0.15) is 12.8 Å². The normalized spacial score (nSPS) is 21.4. The van der Waals surface area contributed by atoms with Crippen LogP contribution in [0.25, 0.3) is 0 Å². The lowest BCUT2D eigenvalue weighted by molar-refractivity contribution is 0.588. The van der Waals surface area contributed by atoms with Crippen molar-refractivity contribution in [1.82, 2.24) is 0 Å². The molecule has 0 amide bonds. The molecule has 4 nitrogen and oxygen atoms in total. The number of hydrogen-bond acceptors (Lipinski definition) is 3. The topological polar surface area (TPSA) is 49.7 Å². The van der Waals surface area contributed by atoms with Gasteiger partial charge in [0.15, 0.2) is 5.82 Å². The lowest BCUT2D eigenvalue weighted by Crippen LogP contribution is -2.30. The number of anilines is 1. The van der Waals surface area contributed by atoms with E-state index < -0.39 is 15.8 Å². The van der Waals surface area contributed by atoms with Gasteiger partial charge in [0.25, 0.3) is 10.0 Å². The minimum atomic E-state index is -3.75. The second-order valence-electron chi connectivity index (χ2n) is 4.04. The van der Waals surface area contributed by atoms with Gasteiger partial charge in [-0.3, -0.25) is 0 Å². The Morgan fingerprint density at radius 2 is 2.12 bits per heavy atom. The molecule has 0 spiro atoms. The second kappa shape index (κ2) is 3.52. The Hall–Kier alpha value is -0.950. The maximum absolute atomic E-state index is 14.1. The van der Waals surface area contributed by atoms with Gasteiger partial charge in [0.1, 0.15) is 16.9 Å². The van der Waals surface area contributed by atoms with E-state index in [2.05, 4.69) is 20.3 Å². The minimum Gasteiger partial charge on any atom is -0.325 e. The molecule has 90 valence electrons. The summed E-state index contributed by atoms with van der Waals surface area (Å²) in [4.78, 5) is 1.55. The Labute approximate surface area is 106 Å². The Bertz CT molecular complexity index is 625. The zero-order valence-corrected chi connectivity index (χ0v) is 11.0. The molecule has 17 heavy (non-hydrogen) atoms. The van der Waals surface area contributed by atoms with E-state index >= 15 is 0 Å². The molecule has 0 saturated heterocycles. The van der Waals surface area contributed by atoms with Crippen LogP contribution < -0.4 is 4.90 Å². The monoisotopic (exact) mass is 318 g/mol. The molecule has 1 aliphatic heterocycles. The molecule has 0 atom stereocenters. The average Bonchev–Trinajstić information content (AvgIpc) is 3.07. The first-order chi connectivity index (χ1) is 8.00. The van der Waals surface area contributed by atoms with E-state index in [-0.39, 0.29) is 21.1 Å². The molecule has 1 aromatic rings. The zero-order valence-electron chi connectivity index (χ0n) is 8.60. The van der Waals surface area contributed by atoms with Gasteiger partial charge < -0.3 is 4.90 Å². The molecule has 7 heteroatoms. The molecule has 1 heterocycles. The van der Waals surface area contributed by atoms with E-state index in [9.17, 15) is 12.8 Å². The molecule has 1 fully saturated rings. The number of fused-ring (bicyclic) bond motifs is 1. The van der Waals surface area contributed by atoms with Crippen LogP contribution in [-0.4, -0.2) is 20.8 Å². The van der Waals surface area contributed by atoms with Crippen molar-refractivity contribution in [2.75, 3.05) is 4.90 Å². The average molecular weight is 319 g/mol. The highest BCUT2D eigenvalue weighted by Crippen LogP contribution is 2.40. The van der Waals surface area contributed by atoms with Crippen molar-refractivity contribution >= 4 is 38.0 Å². The molecular formula is C10H8BrFN2O2S. The van der Waals surface area contributed by atoms with Crippen molar-refractivity contribution in [2.45, 2.75) is 23.8 Å². The molecule has 0 N–H and O–H groups in total. The summed E-state index contributed by atoms with van der Waals surface area (Å²) in [5.41, 5.74) is 0.108. The fourth-order valence-corrected chi connectivity index (χ4v) is 3.17. The van der Waals surface area contributed by atoms with Crippen LogP contribution in [-0.2, 0) is 10.0 Å². The van der Waals surface area contributed by atoms with Crippen LogP contribution in [0.15, 0.2) is 25.9 Å². The highest BCUT2D eigenvalue weighted by Gasteiger charge is 2.37. The second-order valence-corrected chi connectivity index (χ2v) is 6.50. The fraction of sp³-hybridized carbons (Fsp3) is 0.300. The van der Waals surface area contributed by atoms with Gasteiger partial charge in [-0.15, -0.1) is 4.40 Å². The molecule has 2 aliphatic rings. The highest BCUT2D eigenvalue weighted by molar-refractivity contribution is 9.10. The predicted octanol–water partition coefficient (Wildman–Crippen LogP) is 2.29. The minimum absolute atomic E-state index is 0.0624. The molecule has 0 radical (unpaired) electrons. The SMILES string of the molecule is O=S1(=O)N=CN(C2CC2)c2c1ccc(Br)c2F. The van der Waals surface area contributed by atoms with Crippen LogP contribution in [0.3, 0.4) is 0 Å². The van der Waals surface area contributed by atoms with E-state index in [0.29, 0.717) is 0 Å². The molecule has 1 aromatic carbocycles. The van der Waals surface area contributed by atoms with Crippen molar-refractivity contribution in [1.29, 1.82) is 0 Å². The summed E-state index contributed by atoms with van der Waals surface area (Å²) in [6, 6.07) is 2.93. The molecular weight excluding hydrogens is 311 g/mol. The predicted molar refractivity (Wildman–Crippen MR) is 65.3 cm³/mol. The van der Waals surface area contributed by atoms with Gasteiger partial charge >= 0.3 is 0 Å². The Balaban J connectivity index is 2.29. The van der Waals surface area contributed by atoms with Crippen LogP contribution >= 0.6 is 15.9 Å². The van der Waals surface area contributed by atoms with Crippen molar-refractivity contribution in [3.63, 3.8) is 0 Å². The molecule has 0 bridgehead atoms. The van der Waals surface area contributed by atoms with E-state index in [1.807, 2.05) is 0 Å². The van der Waals surface area contributed by atoms with Gasteiger partial charge in [0.05, 0.1) is 4.47 Å². The Kier molecular flexibility index (Phi) is 2.31. The molecule has 1 saturated carbocycles. The summed E-state index contributed by atoms with van der Waals surface area (Å²) in [6.07, 6.45) is 3.07. The van der Waals surface area contributed by atoms with E-state index in [1.54, 1.807) is 4.90 Å². The smallest absolute Gasteiger partial charge is 0.285 e. The zero-order chi connectivity index (χ0) is 12.2. The van der Waals surface area contributed by atoms with Crippen LogP contribution in [0.5, 0.6) is 0 Å². The number of hydrogen-bond donors (Lipinski definition) is 0. The Morgan fingerprint density at radius 1 is 1.41 bits per heavy atom. The summed E-state index contributed by atoms with van der Waals surface area (Å²) in [5, 5.41) is 0. The summed E-state index contributed by atoms with van der Waals surface area (Å²) >= 11 is 3.07. The van der Waals surface area contributed by atoms with Gasteiger partial charge in [-0.25, -0.2) is 4.39 Å². The lowest BCUT2D eigenvalue weighted by atomic mass is 10.2. The summed E-state index contributed by atoms with van der Waals surface area (Å²) < 4.78 is 41.3. The number of nitrogens with zero attached hydrogens (tertiary/aromatic N) is 2.